The third kappa shape index (κ3) is 3.03. The van der Waals surface area contributed by atoms with Gasteiger partial charge in [-0.25, -0.2) is 4.98 Å². The van der Waals surface area contributed by atoms with Gasteiger partial charge in [-0.2, -0.15) is 0 Å². The number of nitrogens with zero attached hydrogens (tertiary/aromatic N) is 1. The summed E-state index contributed by atoms with van der Waals surface area (Å²) in [7, 11) is 0. The first-order chi connectivity index (χ1) is 8.58. The Morgan fingerprint density at radius 2 is 2.06 bits per heavy atom. The number of para-hydroxylation sites is 1. The molecule has 94 valence electrons. The van der Waals surface area contributed by atoms with Crippen molar-refractivity contribution in [3.8, 4) is 0 Å². The number of hydrogen-bond acceptors (Lipinski definition) is 2. The molecule has 1 atom stereocenters. The lowest BCUT2D eigenvalue weighted by atomic mass is 10.1. The molecule has 1 aromatic heterocycles. The molecule has 0 saturated carbocycles. The summed E-state index contributed by atoms with van der Waals surface area (Å²) in [4.78, 5) is 4.37. The summed E-state index contributed by atoms with van der Waals surface area (Å²) in [6.07, 6.45) is 1.78. The van der Waals surface area contributed by atoms with Crippen LogP contribution in [0.1, 0.15) is 23.4 Å². The fourth-order valence-electron chi connectivity index (χ4n) is 1.76. The molecular formula is C14H14BrClN2. The number of anilines is 2. The minimum absolute atomic E-state index is 0.0375. The first kappa shape index (κ1) is 13.4. The maximum Gasteiger partial charge on any atom is 0.133 e. The van der Waals surface area contributed by atoms with Gasteiger partial charge in [0.25, 0.3) is 0 Å². The Morgan fingerprint density at radius 3 is 2.72 bits per heavy atom. The Labute approximate surface area is 121 Å². The van der Waals surface area contributed by atoms with Crippen molar-refractivity contribution >= 4 is 39.0 Å². The molecule has 4 heteroatoms. The van der Waals surface area contributed by atoms with E-state index in [0.29, 0.717) is 0 Å². The second-order valence-electron chi connectivity index (χ2n) is 4.15. The molecular weight excluding hydrogens is 312 g/mol. The summed E-state index contributed by atoms with van der Waals surface area (Å²) in [6, 6.07) is 10.0. The van der Waals surface area contributed by atoms with Crippen LogP contribution in [-0.4, -0.2) is 4.98 Å². The van der Waals surface area contributed by atoms with E-state index in [2.05, 4.69) is 26.2 Å². The van der Waals surface area contributed by atoms with Crippen LogP contribution in [0.3, 0.4) is 0 Å². The molecule has 0 aliphatic heterocycles. The summed E-state index contributed by atoms with van der Waals surface area (Å²) >= 11 is 9.58. The topological polar surface area (TPSA) is 24.9 Å². The van der Waals surface area contributed by atoms with Crippen LogP contribution < -0.4 is 5.32 Å². The van der Waals surface area contributed by atoms with Crippen LogP contribution in [0.5, 0.6) is 0 Å². The zero-order chi connectivity index (χ0) is 13.1. The lowest BCUT2D eigenvalue weighted by Gasteiger charge is -2.14. The molecule has 1 N–H and O–H groups in total. The molecule has 1 aromatic carbocycles. The maximum atomic E-state index is 6.17. The van der Waals surface area contributed by atoms with Crippen molar-refractivity contribution in [1.29, 1.82) is 0 Å². The van der Waals surface area contributed by atoms with Gasteiger partial charge in [0.1, 0.15) is 5.82 Å². The van der Waals surface area contributed by atoms with Crippen molar-refractivity contribution in [2.24, 2.45) is 0 Å². The second-order valence-corrected chi connectivity index (χ2v) is 5.72. The molecule has 0 spiro atoms. The number of aromatic nitrogens is 1. The Morgan fingerprint density at radius 1 is 1.33 bits per heavy atom. The fourth-order valence-corrected chi connectivity index (χ4v) is 2.39. The maximum absolute atomic E-state index is 6.17. The molecule has 0 saturated heterocycles. The van der Waals surface area contributed by atoms with Gasteiger partial charge in [0.2, 0.25) is 0 Å². The number of halogens is 2. The second kappa shape index (κ2) is 5.72. The van der Waals surface area contributed by atoms with Crippen molar-refractivity contribution in [2.75, 3.05) is 5.32 Å². The number of alkyl halides is 1. The zero-order valence-corrected chi connectivity index (χ0v) is 12.6. The molecule has 18 heavy (non-hydrogen) atoms. The highest BCUT2D eigenvalue weighted by molar-refractivity contribution is 9.10. The van der Waals surface area contributed by atoms with Gasteiger partial charge in [-0.3, -0.25) is 0 Å². The summed E-state index contributed by atoms with van der Waals surface area (Å²) in [5, 5.41) is 3.30. The minimum Gasteiger partial charge on any atom is -0.340 e. The molecule has 1 heterocycles. The molecule has 0 radical (unpaired) electrons. The SMILES string of the molecule is Cc1cc(Br)cnc1Nc1ccccc1C(C)Cl. The Bertz CT molecular complexity index is 555. The minimum atomic E-state index is -0.0375. The first-order valence-electron chi connectivity index (χ1n) is 5.70. The highest BCUT2D eigenvalue weighted by Crippen LogP contribution is 2.30. The van der Waals surface area contributed by atoms with Crippen molar-refractivity contribution < 1.29 is 0 Å². The molecule has 0 bridgehead atoms. The lowest BCUT2D eigenvalue weighted by molar-refractivity contribution is 1.08. The predicted octanol–water partition coefficient (Wildman–Crippen LogP) is 5.20. The molecule has 0 aliphatic rings. The molecule has 0 amide bonds. The molecule has 2 rings (SSSR count). The normalized spacial score (nSPS) is 12.2. The van der Waals surface area contributed by atoms with Crippen molar-refractivity contribution in [1.82, 2.24) is 4.98 Å². The number of hydrogen-bond donors (Lipinski definition) is 1. The van der Waals surface area contributed by atoms with E-state index >= 15 is 0 Å². The number of rotatable bonds is 3. The third-order valence-corrected chi connectivity index (χ3v) is 3.36. The van der Waals surface area contributed by atoms with Crippen molar-refractivity contribution in [2.45, 2.75) is 19.2 Å². The van der Waals surface area contributed by atoms with Crippen LogP contribution in [0.15, 0.2) is 41.0 Å². The molecule has 0 fully saturated rings. The number of nitrogens with one attached hydrogen (secondary N) is 1. The van der Waals surface area contributed by atoms with Gasteiger partial charge in [-0.15, -0.1) is 11.6 Å². The Hall–Kier alpha value is -1.06. The standard InChI is InChI=1S/C14H14BrClN2/c1-9-7-11(15)8-17-14(9)18-13-6-4-3-5-12(13)10(2)16/h3-8,10H,1-2H3,(H,17,18). The van der Waals surface area contributed by atoms with Gasteiger partial charge in [-0.05, 0) is 53.0 Å². The summed E-state index contributed by atoms with van der Waals surface area (Å²) in [5.74, 6) is 0.850. The average Bonchev–Trinajstić information content (AvgIpc) is 2.33. The van der Waals surface area contributed by atoms with Gasteiger partial charge in [0.05, 0.1) is 5.38 Å². The lowest BCUT2D eigenvalue weighted by Crippen LogP contribution is -2.00. The predicted molar refractivity (Wildman–Crippen MR) is 80.7 cm³/mol. The van der Waals surface area contributed by atoms with Crippen LogP contribution in [-0.2, 0) is 0 Å². The van der Waals surface area contributed by atoms with E-state index in [1.165, 1.54) is 0 Å². The van der Waals surface area contributed by atoms with Gasteiger partial charge in [0, 0.05) is 16.4 Å². The van der Waals surface area contributed by atoms with Crippen LogP contribution in [0, 0.1) is 6.92 Å². The van der Waals surface area contributed by atoms with Crippen LogP contribution in [0.4, 0.5) is 11.5 Å². The molecule has 0 aliphatic carbocycles. The van der Waals surface area contributed by atoms with E-state index in [4.69, 9.17) is 11.6 Å². The summed E-state index contributed by atoms with van der Waals surface area (Å²) in [5.41, 5.74) is 3.16. The van der Waals surface area contributed by atoms with Crippen LogP contribution in [0.2, 0.25) is 0 Å². The number of aryl methyl sites for hydroxylation is 1. The zero-order valence-electron chi connectivity index (χ0n) is 10.2. The van der Waals surface area contributed by atoms with Crippen molar-refractivity contribution in [3.05, 3.63) is 52.1 Å². The van der Waals surface area contributed by atoms with Gasteiger partial charge >= 0.3 is 0 Å². The largest absolute Gasteiger partial charge is 0.340 e. The first-order valence-corrected chi connectivity index (χ1v) is 6.93. The van der Waals surface area contributed by atoms with E-state index in [-0.39, 0.29) is 5.38 Å². The van der Waals surface area contributed by atoms with Gasteiger partial charge in [-0.1, -0.05) is 18.2 Å². The van der Waals surface area contributed by atoms with Gasteiger partial charge in [0.15, 0.2) is 0 Å². The smallest absolute Gasteiger partial charge is 0.133 e. The average molecular weight is 326 g/mol. The Kier molecular flexibility index (Phi) is 4.25. The quantitative estimate of drug-likeness (QED) is 0.785. The number of benzene rings is 1. The summed E-state index contributed by atoms with van der Waals surface area (Å²) in [6.45, 7) is 3.98. The highest BCUT2D eigenvalue weighted by Gasteiger charge is 2.09. The van der Waals surface area contributed by atoms with Gasteiger partial charge < -0.3 is 5.32 Å². The van der Waals surface area contributed by atoms with E-state index in [0.717, 1.165) is 27.1 Å². The molecule has 2 aromatic rings. The molecule has 2 nitrogen and oxygen atoms in total. The van der Waals surface area contributed by atoms with Crippen molar-refractivity contribution in [3.63, 3.8) is 0 Å². The van der Waals surface area contributed by atoms with Crippen LogP contribution >= 0.6 is 27.5 Å². The fraction of sp³-hybridized carbons (Fsp3) is 0.214. The van der Waals surface area contributed by atoms with E-state index < -0.39 is 0 Å². The Balaban J connectivity index is 2.34. The third-order valence-electron chi connectivity index (χ3n) is 2.69. The van der Waals surface area contributed by atoms with E-state index in [1.54, 1.807) is 6.20 Å². The number of pyridine rings is 1. The van der Waals surface area contributed by atoms with E-state index in [9.17, 15) is 0 Å². The van der Waals surface area contributed by atoms with E-state index in [1.807, 2.05) is 44.2 Å². The molecule has 1 unspecified atom stereocenters. The van der Waals surface area contributed by atoms with Crippen LogP contribution in [0.25, 0.3) is 0 Å². The summed E-state index contributed by atoms with van der Waals surface area (Å²) < 4.78 is 0.976. The monoisotopic (exact) mass is 324 g/mol. The highest BCUT2D eigenvalue weighted by atomic mass is 79.9.